The normalized spacial score (nSPS) is 16.6. The molecule has 1 aromatic heterocycles. The van der Waals surface area contributed by atoms with E-state index in [9.17, 15) is 4.79 Å². The summed E-state index contributed by atoms with van der Waals surface area (Å²) in [6.07, 6.45) is 0. The number of hydrogen-bond donors (Lipinski definition) is 1. The average molecular weight is 216 g/mol. The minimum absolute atomic E-state index is 0.0979. The smallest absolute Gasteiger partial charge is 0.180 e. The Bertz CT molecular complexity index is 305. The topological polar surface area (TPSA) is 42.2 Å². The van der Waals surface area contributed by atoms with Crippen molar-refractivity contribution in [1.29, 1.82) is 0 Å². The van der Waals surface area contributed by atoms with Gasteiger partial charge in [0.25, 0.3) is 0 Å². The highest BCUT2D eigenvalue weighted by Crippen LogP contribution is 2.22. The number of Topliss-reactive ketones (excluding diaryl/α,β-unsaturated/α-hetero) is 1. The number of ketones is 1. The van der Waals surface area contributed by atoms with Crippen molar-refractivity contribution >= 4 is 21.7 Å². The minimum atomic E-state index is 0.0979. The highest BCUT2D eigenvalue weighted by atomic mass is 79.9. The molecule has 0 saturated carbocycles. The maximum Gasteiger partial charge on any atom is 0.180 e. The zero-order chi connectivity index (χ0) is 7.84. The Morgan fingerprint density at radius 2 is 2.36 bits per heavy atom. The molecule has 0 amide bonds. The number of furan rings is 1. The Morgan fingerprint density at radius 1 is 1.55 bits per heavy atom. The van der Waals surface area contributed by atoms with Gasteiger partial charge in [0, 0.05) is 6.07 Å². The number of halogens is 1. The van der Waals surface area contributed by atoms with Gasteiger partial charge in [-0.1, -0.05) is 0 Å². The van der Waals surface area contributed by atoms with Gasteiger partial charge < -0.3 is 9.73 Å². The van der Waals surface area contributed by atoms with Gasteiger partial charge in [0.05, 0.1) is 18.7 Å². The van der Waals surface area contributed by atoms with E-state index in [4.69, 9.17) is 4.42 Å². The Kier molecular flexibility index (Phi) is 1.58. The molecule has 0 aliphatic carbocycles. The van der Waals surface area contributed by atoms with Gasteiger partial charge in [-0.2, -0.15) is 0 Å². The van der Waals surface area contributed by atoms with Crippen LogP contribution in [0.3, 0.4) is 0 Å². The van der Waals surface area contributed by atoms with Gasteiger partial charge in [-0.15, -0.1) is 0 Å². The molecule has 2 rings (SSSR count). The van der Waals surface area contributed by atoms with E-state index in [1.54, 1.807) is 6.07 Å². The third-order valence-corrected chi connectivity index (χ3v) is 2.04. The van der Waals surface area contributed by atoms with Crippen molar-refractivity contribution in [2.75, 3.05) is 6.54 Å². The molecule has 0 aromatic carbocycles. The monoisotopic (exact) mass is 215 g/mol. The zero-order valence-corrected chi connectivity index (χ0v) is 7.27. The lowest BCUT2D eigenvalue weighted by molar-refractivity contribution is 0.0979. The van der Waals surface area contributed by atoms with Crippen molar-refractivity contribution in [3.05, 3.63) is 22.1 Å². The lowest BCUT2D eigenvalue weighted by Gasteiger charge is -2.08. The van der Waals surface area contributed by atoms with E-state index in [2.05, 4.69) is 21.2 Å². The highest BCUT2D eigenvalue weighted by Gasteiger charge is 2.20. The summed E-state index contributed by atoms with van der Waals surface area (Å²) < 4.78 is 5.83. The standard InChI is InChI=1S/C7H6BrNO2/c8-7-1-4-5(10)2-9-3-6(4)11-7/h1,9H,2-3H2. The Morgan fingerprint density at radius 3 is 3.09 bits per heavy atom. The fourth-order valence-corrected chi connectivity index (χ4v) is 1.57. The van der Waals surface area contributed by atoms with E-state index < -0.39 is 0 Å². The van der Waals surface area contributed by atoms with Crippen molar-refractivity contribution in [3.63, 3.8) is 0 Å². The summed E-state index contributed by atoms with van der Waals surface area (Å²) in [6, 6.07) is 1.72. The number of hydrogen-bond acceptors (Lipinski definition) is 3. The van der Waals surface area contributed by atoms with Crippen LogP contribution in [0.25, 0.3) is 0 Å². The molecule has 3 nitrogen and oxygen atoms in total. The second-order valence-corrected chi connectivity index (χ2v) is 3.20. The second-order valence-electron chi connectivity index (χ2n) is 2.41. The minimum Gasteiger partial charge on any atom is -0.452 e. The maximum absolute atomic E-state index is 11.2. The lowest BCUT2D eigenvalue weighted by Crippen LogP contribution is -2.28. The van der Waals surface area contributed by atoms with Crippen LogP contribution in [0.2, 0.25) is 0 Å². The zero-order valence-electron chi connectivity index (χ0n) is 5.69. The molecule has 1 aromatic rings. The van der Waals surface area contributed by atoms with Crippen LogP contribution in [0.1, 0.15) is 16.1 Å². The summed E-state index contributed by atoms with van der Waals surface area (Å²) in [5.41, 5.74) is 0.704. The van der Waals surface area contributed by atoms with Crippen LogP contribution >= 0.6 is 15.9 Å². The molecule has 0 radical (unpaired) electrons. The van der Waals surface area contributed by atoms with Crippen LogP contribution in [0.15, 0.2) is 15.2 Å². The second kappa shape index (κ2) is 2.46. The van der Waals surface area contributed by atoms with Crippen molar-refractivity contribution < 1.29 is 9.21 Å². The molecule has 1 N–H and O–H groups in total. The van der Waals surface area contributed by atoms with Gasteiger partial charge in [0.2, 0.25) is 0 Å². The third-order valence-electron chi connectivity index (χ3n) is 1.65. The Hall–Kier alpha value is -0.610. The van der Waals surface area contributed by atoms with Crippen molar-refractivity contribution in [2.24, 2.45) is 0 Å². The number of rotatable bonds is 0. The SMILES string of the molecule is O=C1CNCc2oc(Br)cc21. The molecule has 1 aliphatic heterocycles. The summed E-state index contributed by atoms with van der Waals surface area (Å²) in [6.45, 7) is 1.06. The summed E-state index contributed by atoms with van der Waals surface area (Å²) in [5, 5.41) is 2.94. The maximum atomic E-state index is 11.2. The van der Waals surface area contributed by atoms with Crippen LogP contribution in [0, 0.1) is 0 Å². The Balaban J connectivity index is 2.52. The predicted molar refractivity (Wildman–Crippen MR) is 42.4 cm³/mol. The van der Waals surface area contributed by atoms with Crippen molar-refractivity contribution in [3.8, 4) is 0 Å². The predicted octanol–water partition coefficient (Wildman–Crippen LogP) is 1.33. The van der Waals surface area contributed by atoms with E-state index in [-0.39, 0.29) is 5.78 Å². The largest absolute Gasteiger partial charge is 0.452 e. The summed E-state index contributed by atoms with van der Waals surface area (Å²) >= 11 is 3.17. The van der Waals surface area contributed by atoms with E-state index in [1.807, 2.05) is 0 Å². The first-order valence-electron chi connectivity index (χ1n) is 3.29. The van der Waals surface area contributed by atoms with Crippen LogP contribution < -0.4 is 5.32 Å². The van der Waals surface area contributed by atoms with Gasteiger partial charge in [0.15, 0.2) is 10.5 Å². The van der Waals surface area contributed by atoms with E-state index >= 15 is 0 Å². The van der Waals surface area contributed by atoms with Gasteiger partial charge in [-0.05, 0) is 15.9 Å². The van der Waals surface area contributed by atoms with E-state index in [1.165, 1.54) is 0 Å². The molecule has 0 atom stereocenters. The van der Waals surface area contributed by atoms with Crippen LogP contribution in [-0.2, 0) is 6.54 Å². The fourth-order valence-electron chi connectivity index (χ4n) is 1.15. The fraction of sp³-hybridized carbons (Fsp3) is 0.286. The Labute approximate surface area is 71.9 Å². The first-order chi connectivity index (χ1) is 5.27. The molecule has 2 heterocycles. The molecule has 11 heavy (non-hydrogen) atoms. The molecule has 58 valence electrons. The number of fused-ring (bicyclic) bond motifs is 1. The molecular formula is C7H6BrNO2. The first kappa shape index (κ1) is 7.06. The molecule has 0 spiro atoms. The molecule has 0 unspecified atom stereocenters. The molecule has 4 heteroatoms. The molecule has 0 bridgehead atoms. The molecular weight excluding hydrogens is 210 g/mol. The molecule has 0 fully saturated rings. The van der Waals surface area contributed by atoms with Gasteiger partial charge in [0.1, 0.15) is 5.76 Å². The summed E-state index contributed by atoms with van der Waals surface area (Å²) in [4.78, 5) is 11.2. The van der Waals surface area contributed by atoms with Crippen LogP contribution in [0.5, 0.6) is 0 Å². The van der Waals surface area contributed by atoms with E-state index in [0.717, 1.165) is 5.76 Å². The molecule has 0 saturated heterocycles. The van der Waals surface area contributed by atoms with Gasteiger partial charge in [-0.3, -0.25) is 4.79 Å². The average Bonchev–Trinajstić information content (AvgIpc) is 2.31. The lowest BCUT2D eigenvalue weighted by atomic mass is 10.1. The first-order valence-corrected chi connectivity index (χ1v) is 4.09. The third kappa shape index (κ3) is 1.12. The number of nitrogens with one attached hydrogen (secondary N) is 1. The van der Waals surface area contributed by atoms with Crippen molar-refractivity contribution in [1.82, 2.24) is 5.32 Å². The van der Waals surface area contributed by atoms with Crippen molar-refractivity contribution in [2.45, 2.75) is 6.54 Å². The van der Waals surface area contributed by atoms with Crippen LogP contribution in [-0.4, -0.2) is 12.3 Å². The molecule has 1 aliphatic rings. The highest BCUT2D eigenvalue weighted by molar-refractivity contribution is 9.10. The summed E-state index contributed by atoms with van der Waals surface area (Å²) in [7, 11) is 0. The number of carbonyl (C=O) groups excluding carboxylic acids is 1. The van der Waals surface area contributed by atoms with Gasteiger partial charge in [-0.25, -0.2) is 0 Å². The number of carbonyl (C=O) groups is 1. The van der Waals surface area contributed by atoms with Gasteiger partial charge >= 0.3 is 0 Å². The summed E-state index contributed by atoms with van der Waals surface area (Å²) in [5.74, 6) is 0.828. The quantitative estimate of drug-likeness (QED) is 0.711. The van der Waals surface area contributed by atoms with Crippen LogP contribution in [0.4, 0.5) is 0 Å². The van der Waals surface area contributed by atoms with E-state index in [0.29, 0.717) is 23.3 Å².